The molecule has 1 aromatic rings. The summed E-state index contributed by atoms with van der Waals surface area (Å²) >= 11 is 1.82. The average molecular weight is 431 g/mol. The molecule has 0 aliphatic heterocycles. The summed E-state index contributed by atoms with van der Waals surface area (Å²) in [5, 5.41) is 0. The maximum Gasteiger partial charge on any atom is 0.340 e. The van der Waals surface area contributed by atoms with Gasteiger partial charge in [-0.25, -0.2) is 4.79 Å². The highest BCUT2D eigenvalue weighted by Gasteiger charge is 2.36. The number of carbonyl (C=O) groups excluding carboxylic acids is 1. The van der Waals surface area contributed by atoms with E-state index >= 15 is 0 Å². The molecule has 3 rings (SSSR count). The lowest BCUT2D eigenvalue weighted by molar-refractivity contribution is -0.166. The normalized spacial score (nSPS) is 20.0. The van der Waals surface area contributed by atoms with E-state index in [1.54, 1.807) is 0 Å². The molecule has 0 bridgehead atoms. The van der Waals surface area contributed by atoms with Crippen LogP contribution in [0.15, 0.2) is 12.2 Å². The average Bonchev–Trinajstić information content (AvgIpc) is 3.27. The van der Waals surface area contributed by atoms with Gasteiger partial charge in [0.1, 0.15) is 0 Å². The van der Waals surface area contributed by atoms with Gasteiger partial charge in [0.25, 0.3) is 0 Å². The van der Waals surface area contributed by atoms with Crippen molar-refractivity contribution in [3.05, 3.63) is 33.0 Å². The first-order chi connectivity index (χ1) is 14.0. The Bertz CT molecular complexity index is 848. The van der Waals surface area contributed by atoms with Gasteiger partial charge in [-0.3, -0.25) is 0 Å². The van der Waals surface area contributed by atoms with Gasteiger partial charge in [0.2, 0.25) is 0 Å². The van der Waals surface area contributed by atoms with Gasteiger partial charge in [0.15, 0.2) is 6.10 Å². The lowest BCUT2D eigenvalue weighted by Gasteiger charge is -2.31. The fourth-order valence-electron chi connectivity index (χ4n) is 4.40. The topological polar surface area (TPSA) is 35.5 Å². The number of allylic oxidation sites excluding steroid dienone is 4. The first-order valence-electron chi connectivity index (χ1n) is 11.4. The van der Waals surface area contributed by atoms with Crippen LogP contribution >= 0.6 is 11.3 Å². The molecule has 0 N–H and O–H groups in total. The van der Waals surface area contributed by atoms with Crippen molar-refractivity contribution in [2.75, 3.05) is 6.61 Å². The van der Waals surface area contributed by atoms with Crippen LogP contribution in [0.4, 0.5) is 0 Å². The van der Waals surface area contributed by atoms with Gasteiger partial charge >= 0.3 is 5.97 Å². The molecule has 0 saturated heterocycles. The molecule has 1 atom stereocenters. The van der Waals surface area contributed by atoms with E-state index in [-0.39, 0.29) is 5.97 Å². The molecule has 0 aromatic carbocycles. The SMILES string of the molecule is CCOC(=O)C(OC(C)(C)C)c1c(C)sc(C2=CCCC2)c1C1=CCC(C)(C)CC1. The maximum absolute atomic E-state index is 13.1. The van der Waals surface area contributed by atoms with Crippen molar-refractivity contribution in [2.45, 2.75) is 98.7 Å². The summed E-state index contributed by atoms with van der Waals surface area (Å²) in [6.07, 6.45) is 10.9. The van der Waals surface area contributed by atoms with Gasteiger partial charge in [-0.1, -0.05) is 26.0 Å². The number of esters is 1. The van der Waals surface area contributed by atoms with E-state index < -0.39 is 11.7 Å². The largest absolute Gasteiger partial charge is 0.464 e. The summed E-state index contributed by atoms with van der Waals surface area (Å²) in [5.74, 6) is -0.279. The van der Waals surface area contributed by atoms with E-state index in [0.29, 0.717) is 12.0 Å². The number of thiophene rings is 1. The minimum atomic E-state index is -0.692. The molecule has 30 heavy (non-hydrogen) atoms. The first kappa shape index (κ1) is 23.3. The van der Waals surface area contributed by atoms with Crippen LogP contribution in [0.2, 0.25) is 0 Å². The number of hydrogen-bond acceptors (Lipinski definition) is 4. The smallest absolute Gasteiger partial charge is 0.340 e. The Morgan fingerprint density at radius 2 is 1.93 bits per heavy atom. The third-order valence-corrected chi connectivity index (χ3v) is 7.19. The van der Waals surface area contributed by atoms with Crippen LogP contribution < -0.4 is 0 Å². The van der Waals surface area contributed by atoms with E-state index in [0.717, 1.165) is 37.7 Å². The molecule has 4 heteroatoms. The zero-order valence-electron chi connectivity index (χ0n) is 19.8. The van der Waals surface area contributed by atoms with Crippen LogP contribution in [0.25, 0.3) is 11.1 Å². The Balaban J connectivity index is 2.17. The minimum absolute atomic E-state index is 0.279. The summed E-state index contributed by atoms with van der Waals surface area (Å²) in [7, 11) is 0. The molecule has 166 valence electrons. The third kappa shape index (κ3) is 5.26. The second kappa shape index (κ2) is 9.00. The molecular formula is C26H38O3S. The molecule has 1 aromatic heterocycles. The fourth-order valence-corrected chi connectivity index (χ4v) is 5.68. The van der Waals surface area contributed by atoms with E-state index in [1.165, 1.54) is 32.9 Å². The molecule has 2 aliphatic carbocycles. The van der Waals surface area contributed by atoms with Gasteiger partial charge in [0.05, 0.1) is 12.2 Å². The van der Waals surface area contributed by atoms with Crippen LogP contribution in [-0.4, -0.2) is 18.2 Å². The Morgan fingerprint density at radius 1 is 1.20 bits per heavy atom. The van der Waals surface area contributed by atoms with Crippen LogP contribution in [0.5, 0.6) is 0 Å². The third-order valence-electron chi connectivity index (χ3n) is 5.99. The molecule has 1 unspecified atom stereocenters. The van der Waals surface area contributed by atoms with Crippen molar-refractivity contribution in [1.29, 1.82) is 0 Å². The summed E-state index contributed by atoms with van der Waals surface area (Å²) in [5.41, 5.74) is 4.99. The van der Waals surface area contributed by atoms with Gasteiger partial charge in [-0.05, 0) is 89.7 Å². The van der Waals surface area contributed by atoms with E-state index in [9.17, 15) is 4.79 Å². The molecule has 0 amide bonds. The predicted molar refractivity (Wildman–Crippen MR) is 127 cm³/mol. The van der Waals surface area contributed by atoms with Crippen molar-refractivity contribution >= 4 is 28.5 Å². The highest BCUT2D eigenvalue weighted by Crippen LogP contribution is 2.49. The maximum atomic E-state index is 13.1. The molecule has 0 spiro atoms. The molecule has 1 heterocycles. The van der Waals surface area contributed by atoms with E-state index in [2.05, 4.69) is 32.9 Å². The number of carbonyl (C=O) groups is 1. The highest BCUT2D eigenvalue weighted by molar-refractivity contribution is 7.13. The molecule has 3 nitrogen and oxygen atoms in total. The Morgan fingerprint density at radius 3 is 2.47 bits per heavy atom. The van der Waals surface area contributed by atoms with Crippen molar-refractivity contribution in [3.8, 4) is 0 Å². The summed E-state index contributed by atoms with van der Waals surface area (Å²) < 4.78 is 11.8. The molecular weight excluding hydrogens is 392 g/mol. The first-order valence-corrected chi connectivity index (χ1v) is 12.2. The number of hydrogen-bond donors (Lipinski definition) is 0. The van der Waals surface area contributed by atoms with Gasteiger partial charge in [0, 0.05) is 20.9 Å². The van der Waals surface area contributed by atoms with Crippen molar-refractivity contribution < 1.29 is 14.3 Å². The molecule has 0 radical (unpaired) electrons. The summed E-state index contributed by atoms with van der Waals surface area (Å²) in [4.78, 5) is 15.6. The lowest BCUT2D eigenvalue weighted by Crippen LogP contribution is -2.29. The molecule has 2 aliphatic rings. The summed E-state index contributed by atoms with van der Waals surface area (Å²) in [6, 6.07) is 0. The predicted octanol–water partition coefficient (Wildman–Crippen LogP) is 7.64. The van der Waals surface area contributed by atoms with Crippen molar-refractivity contribution in [3.63, 3.8) is 0 Å². The second-order valence-electron chi connectivity index (χ2n) is 10.4. The second-order valence-corrected chi connectivity index (χ2v) is 11.6. The number of rotatable bonds is 6. The lowest BCUT2D eigenvalue weighted by atomic mass is 9.76. The monoisotopic (exact) mass is 430 g/mol. The molecule has 0 fully saturated rings. The minimum Gasteiger partial charge on any atom is -0.464 e. The van der Waals surface area contributed by atoms with E-state index in [4.69, 9.17) is 9.47 Å². The van der Waals surface area contributed by atoms with Crippen LogP contribution in [0.1, 0.15) is 107 Å². The zero-order valence-corrected chi connectivity index (χ0v) is 20.6. The van der Waals surface area contributed by atoms with E-state index in [1.807, 2.05) is 39.0 Å². The summed E-state index contributed by atoms with van der Waals surface area (Å²) in [6.45, 7) is 15.0. The Hall–Kier alpha value is -1.39. The Kier molecular flexibility index (Phi) is 6.98. The van der Waals surface area contributed by atoms with Gasteiger partial charge in [-0.2, -0.15) is 0 Å². The number of ether oxygens (including phenoxy) is 2. The van der Waals surface area contributed by atoms with Crippen LogP contribution in [0, 0.1) is 12.3 Å². The standard InChI is InChI=1S/C26H38O3S/c1-8-28-24(27)22(29-25(3,4)5)20-17(2)30-23(19-11-9-10-12-19)21(20)18-13-15-26(6,7)16-14-18/h11,13,22H,8-10,12,14-16H2,1-7H3. The molecule has 0 saturated carbocycles. The number of aryl methyl sites for hydroxylation is 1. The van der Waals surface area contributed by atoms with Gasteiger partial charge in [-0.15, -0.1) is 11.3 Å². The van der Waals surface area contributed by atoms with Gasteiger partial charge < -0.3 is 9.47 Å². The van der Waals surface area contributed by atoms with Crippen molar-refractivity contribution in [1.82, 2.24) is 0 Å². The highest BCUT2D eigenvalue weighted by atomic mass is 32.1. The quantitative estimate of drug-likeness (QED) is 0.435. The van der Waals surface area contributed by atoms with Crippen LogP contribution in [0.3, 0.4) is 0 Å². The zero-order chi connectivity index (χ0) is 22.1. The fraction of sp³-hybridized carbons (Fsp3) is 0.654. The van der Waals surface area contributed by atoms with Crippen LogP contribution in [-0.2, 0) is 14.3 Å². The van der Waals surface area contributed by atoms with Crippen molar-refractivity contribution in [2.24, 2.45) is 5.41 Å². The Labute approximate surface area is 186 Å².